The van der Waals surface area contributed by atoms with Crippen LogP contribution in [-0.4, -0.2) is 14.8 Å². The number of nitrogens with one attached hydrogen (secondary N) is 1. The summed E-state index contributed by atoms with van der Waals surface area (Å²) in [5.41, 5.74) is 2.61. The van der Waals surface area contributed by atoms with E-state index in [1.807, 2.05) is 50.5 Å². The van der Waals surface area contributed by atoms with Crippen LogP contribution in [0.25, 0.3) is 22.0 Å². The van der Waals surface area contributed by atoms with E-state index >= 15 is 0 Å². The number of hydrogen-bond acceptors (Lipinski definition) is 2. The Hall–Kier alpha value is -2.36. The number of pyridine rings is 1. The summed E-state index contributed by atoms with van der Waals surface area (Å²) in [5, 5.41) is 6.05. The smallest absolute Gasteiger partial charge is 0.256 e. The average Bonchev–Trinajstić information content (AvgIpc) is 2.84. The largest absolute Gasteiger partial charge is 0.326 e. The fourth-order valence-corrected chi connectivity index (χ4v) is 2.34. The summed E-state index contributed by atoms with van der Waals surface area (Å²) in [5.74, 6) is 0. The first-order chi connectivity index (χ1) is 9.19. The molecular weight excluding hydrogens is 238 g/mol. The van der Waals surface area contributed by atoms with E-state index < -0.39 is 0 Å². The van der Waals surface area contributed by atoms with E-state index in [-0.39, 0.29) is 5.56 Å². The van der Waals surface area contributed by atoms with Gasteiger partial charge in [0.05, 0.1) is 11.1 Å². The molecule has 0 aliphatic rings. The first-order valence-electron chi connectivity index (χ1n) is 6.34. The molecule has 1 N–H and O–H groups in total. The van der Waals surface area contributed by atoms with Crippen molar-refractivity contribution in [1.29, 1.82) is 0 Å². The second-order valence-electron chi connectivity index (χ2n) is 4.62. The van der Waals surface area contributed by atoms with Crippen LogP contribution in [0.3, 0.4) is 0 Å². The third kappa shape index (κ3) is 1.95. The molecule has 2 heterocycles. The lowest BCUT2D eigenvalue weighted by Crippen LogP contribution is -2.10. The van der Waals surface area contributed by atoms with Crippen LogP contribution >= 0.6 is 0 Å². The molecule has 96 valence electrons. The molecule has 4 heteroatoms. The van der Waals surface area contributed by atoms with E-state index in [1.54, 1.807) is 4.68 Å². The minimum absolute atomic E-state index is 0.0457. The summed E-state index contributed by atoms with van der Waals surface area (Å²) in [6, 6.07) is 9.82. The number of benzene rings is 1. The first kappa shape index (κ1) is 11.7. The van der Waals surface area contributed by atoms with Crippen molar-refractivity contribution in [2.24, 2.45) is 7.05 Å². The van der Waals surface area contributed by atoms with Crippen molar-refractivity contribution in [2.45, 2.75) is 13.3 Å². The predicted octanol–water partition coefficient (Wildman–Crippen LogP) is 2.49. The van der Waals surface area contributed by atoms with Gasteiger partial charge in [-0.05, 0) is 23.9 Å². The lowest BCUT2D eigenvalue weighted by Gasteiger charge is -2.05. The van der Waals surface area contributed by atoms with Crippen LogP contribution in [0.5, 0.6) is 0 Å². The Morgan fingerprint density at radius 2 is 2.16 bits per heavy atom. The molecule has 0 radical (unpaired) electrons. The third-order valence-corrected chi connectivity index (χ3v) is 3.30. The summed E-state index contributed by atoms with van der Waals surface area (Å²) < 4.78 is 1.74. The maximum absolute atomic E-state index is 12.3. The molecule has 0 fully saturated rings. The van der Waals surface area contributed by atoms with Crippen molar-refractivity contribution in [3.05, 3.63) is 52.6 Å². The molecule has 4 nitrogen and oxygen atoms in total. The number of aromatic amines is 1. The third-order valence-electron chi connectivity index (χ3n) is 3.30. The Labute approximate surface area is 110 Å². The Morgan fingerprint density at radius 1 is 1.32 bits per heavy atom. The molecule has 3 aromatic rings. The highest BCUT2D eigenvalue weighted by Gasteiger charge is 2.10. The van der Waals surface area contributed by atoms with E-state index in [0.717, 1.165) is 28.8 Å². The van der Waals surface area contributed by atoms with Crippen LogP contribution in [0.1, 0.15) is 12.6 Å². The second kappa shape index (κ2) is 4.39. The first-order valence-corrected chi connectivity index (χ1v) is 6.34. The van der Waals surface area contributed by atoms with Gasteiger partial charge < -0.3 is 4.98 Å². The minimum Gasteiger partial charge on any atom is -0.326 e. The van der Waals surface area contributed by atoms with Gasteiger partial charge in [-0.25, -0.2) is 0 Å². The number of hydrogen-bond donors (Lipinski definition) is 1. The lowest BCUT2D eigenvalue weighted by molar-refractivity contribution is 0.771. The van der Waals surface area contributed by atoms with Crippen molar-refractivity contribution >= 4 is 10.8 Å². The van der Waals surface area contributed by atoms with Crippen molar-refractivity contribution in [3.63, 3.8) is 0 Å². The summed E-state index contributed by atoms with van der Waals surface area (Å²) in [6.45, 7) is 2.03. The zero-order chi connectivity index (χ0) is 13.4. The van der Waals surface area contributed by atoms with E-state index in [1.165, 1.54) is 0 Å². The van der Waals surface area contributed by atoms with Crippen molar-refractivity contribution in [1.82, 2.24) is 14.8 Å². The Bertz CT molecular complexity index is 799. The van der Waals surface area contributed by atoms with Crippen molar-refractivity contribution in [2.75, 3.05) is 0 Å². The van der Waals surface area contributed by atoms with Crippen LogP contribution in [0.15, 0.2) is 41.3 Å². The molecule has 0 saturated heterocycles. The molecule has 0 spiro atoms. The Morgan fingerprint density at radius 3 is 2.84 bits per heavy atom. The summed E-state index contributed by atoms with van der Waals surface area (Å²) in [4.78, 5) is 15.2. The van der Waals surface area contributed by atoms with Gasteiger partial charge in [-0.1, -0.05) is 25.1 Å². The van der Waals surface area contributed by atoms with Crippen LogP contribution in [0, 0.1) is 0 Å². The molecule has 0 unspecified atom stereocenters. The van der Waals surface area contributed by atoms with Crippen molar-refractivity contribution < 1.29 is 0 Å². The van der Waals surface area contributed by atoms with Gasteiger partial charge >= 0.3 is 0 Å². The molecule has 0 aliphatic carbocycles. The fraction of sp³-hybridized carbons (Fsp3) is 0.200. The molecule has 0 atom stereocenters. The van der Waals surface area contributed by atoms with Gasteiger partial charge in [0.2, 0.25) is 0 Å². The maximum Gasteiger partial charge on any atom is 0.256 e. The summed E-state index contributed by atoms with van der Waals surface area (Å²) in [6.07, 6.45) is 2.70. The minimum atomic E-state index is -0.0457. The highest BCUT2D eigenvalue weighted by atomic mass is 16.1. The molecule has 1 aromatic carbocycles. The molecule has 0 aliphatic heterocycles. The van der Waals surface area contributed by atoms with Crippen LogP contribution in [0.4, 0.5) is 0 Å². The SMILES string of the molecule is CCc1cc2cccc(-c3ccn(C)n3)c2c(=O)[nH]1. The second-order valence-corrected chi connectivity index (χ2v) is 4.62. The van der Waals surface area contributed by atoms with Gasteiger partial charge in [0.15, 0.2) is 0 Å². The van der Waals surface area contributed by atoms with Crippen molar-refractivity contribution in [3.8, 4) is 11.3 Å². The van der Waals surface area contributed by atoms with Gasteiger partial charge in [0.25, 0.3) is 5.56 Å². The maximum atomic E-state index is 12.3. The molecular formula is C15H15N3O. The van der Waals surface area contributed by atoms with Gasteiger partial charge in [-0.3, -0.25) is 9.48 Å². The number of fused-ring (bicyclic) bond motifs is 1. The predicted molar refractivity (Wildman–Crippen MR) is 76.1 cm³/mol. The highest BCUT2D eigenvalue weighted by molar-refractivity contribution is 5.95. The molecule has 0 amide bonds. The van der Waals surface area contributed by atoms with E-state index in [4.69, 9.17) is 0 Å². The van der Waals surface area contributed by atoms with Gasteiger partial charge in [-0.15, -0.1) is 0 Å². The molecule has 2 aromatic heterocycles. The monoisotopic (exact) mass is 253 g/mol. The van der Waals surface area contributed by atoms with Crippen LogP contribution in [0.2, 0.25) is 0 Å². The zero-order valence-corrected chi connectivity index (χ0v) is 11.0. The van der Waals surface area contributed by atoms with E-state index in [0.29, 0.717) is 5.39 Å². The van der Waals surface area contributed by atoms with Gasteiger partial charge in [0, 0.05) is 24.5 Å². The standard InChI is InChI=1S/C15H15N3O/c1-3-11-9-10-5-4-6-12(14(10)15(19)16-11)13-7-8-18(2)17-13/h4-9H,3H2,1-2H3,(H,16,19). The fourth-order valence-electron chi connectivity index (χ4n) is 2.34. The molecule has 0 bridgehead atoms. The number of nitrogens with zero attached hydrogens (tertiary/aromatic N) is 2. The normalized spacial score (nSPS) is 11.1. The Balaban J connectivity index is 2.35. The topological polar surface area (TPSA) is 50.7 Å². The van der Waals surface area contributed by atoms with E-state index in [9.17, 15) is 4.79 Å². The average molecular weight is 253 g/mol. The van der Waals surface area contributed by atoms with Gasteiger partial charge in [-0.2, -0.15) is 5.10 Å². The zero-order valence-electron chi connectivity index (χ0n) is 11.0. The quantitative estimate of drug-likeness (QED) is 0.762. The van der Waals surface area contributed by atoms with Gasteiger partial charge in [0.1, 0.15) is 0 Å². The lowest BCUT2D eigenvalue weighted by atomic mass is 10.0. The number of aryl methyl sites for hydroxylation is 2. The molecule has 19 heavy (non-hydrogen) atoms. The number of aromatic nitrogens is 3. The highest BCUT2D eigenvalue weighted by Crippen LogP contribution is 2.24. The van der Waals surface area contributed by atoms with E-state index in [2.05, 4.69) is 10.1 Å². The summed E-state index contributed by atoms with van der Waals surface area (Å²) >= 11 is 0. The van der Waals surface area contributed by atoms with Crippen LogP contribution in [-0.2, 0) is 13.5 Å². The molecule has 0 saturated carbocycles. The molecule has 3 rings (SSSR count). The summed E-state index contributed by atoms with van der Waals surface area (Å²) in [7, 11) is 1.87. The Kier molecular flexibility index (Phi) is 2.71. The number of rotatable bonds is 2. The number of H-pyrrole nitrogens is 1. The van der Waals surface area contributed by atoms with Crippen LogP contribution < -0.4 is 5.56 Å².